The molecule has 0 aliphatic carbocycles. The van der Waals surface area contributed by atoms with Crippen molar-refractivity contribution in [3.05, 3.63) is 78.4 Å². The summed E-state index contributed by atoms with van der Waals surface area (Å²) in [5.41, 5.74) is 6.84. The van der Waals surface area contributed by atoms with Crippen LogP contribution >= 0.6 is 0 Å². The van der Waals surface area contributed by atoms with E-state index in [1.54, 1.807) is 0 Å². The molecule has 0 N–H and O–H groups in total. The summed E-state index contributed by atoms with van der Waals surface area (Å²) in [7, 11) is 0. The van der Waals surface area contributed by atoms with E-state index < -0.39 is 0 Å². The highest BCUT2D eigenvalue weighted by Gasteiger charge is 2.24. The monoisotopic (exact) mass is 396 g/mol. The first-order valence-corrected chi connectivity index (χ1v) is 10.6. The third-order valence-electron chi connectivity index (χ3n) is 5.77. The Morgan fingerprint density at radius 2 is 1.23 bits per heavy atom. The van der Waals surface area contributed by atoms with Crippen LogP contribution in [0.2, 0.25) is 0 Å². The van der Waals surface area contributed by atoms with Crippen LogP contribution in [0.1, 0.15) is 39.7 Å². The quantitative estimate of drug-likeness (QED) is 0.350. The topological polar surface area (TPSA) is 35.0 Å². The van der Waals surface area contributed by atoms with Crippen molar-refractivity contribution < 1.29 is 4.74 Å². The van der Waals surface area contributed by atoms with Gasteiger partial charge in [-0.05, 0) is 24.8 Å². The van der Waals surface area contributed by atoms with Crippen LogP contribution in [-0.2, 0) is 5.41 Å². The van der Waals surface area contributed by atoms with E-state index in [4.69, 9.17) is 14.7 Å². The Labute approximate surface area is 178 Å². The van der Waals surface area contributed by atoms with E-state index in [0.29, 0.717) is 6.61 Å². The molecule has 4 aromatic rings. The SMILES string of the molecule is CCOc1cc2nc(-c3ccccc3)c(-c3ccccc3)nc2cc1C(C)(C)CC. The maximum atomic E-state index is 6.03. The average Bonchev–Trinajstić information content (AvgIpc) is 2.79. The van der Waals surface area contributed by atoms with Crippen molar-refractivity contribution in [1.29, 1.82) is 0 Å². The number of nitrogens with zero attached hydrogens (tertiary/aromatic N) is 2. The van der Waals surface area contributed by atoms with Crippen molar-refractivity contribution in [3.8, 4) is 28.3 Å². The molecule has 0 atom stereocenters. The van der Waals surface area contributed by atoms with Crippen molar-refractivity contribution in [2.24, 2.45) is 0 Å². The molecule has 0 amide bonds. The average molecular weight is 397 g/mol. The highest BCUT2D eigenvalue weighted by molar-refractivity contribution is 5.87. The zero-order valence-corrected chi connectivity index (χ0v) is 18.1. The second kappa shape index (κ2) is 8.27. The van der Waals surface area contributed by atoms with Crippen LogP contribution in [-0.4, -0.2) is 16.6 Å². The van der Waals surface area contributed by atoms with E-state index in [2.05, 4.69) is 57.2 Å². The van der Waals surface area contributed by atoms with Gasteiger partial charge in [0.25, 0.3) is 0 Å². The number of hydrogen-bond acceptors (Lipinski definition) is 3. The Balaban J connectivity index is 2.02. The minimum Gasteiger partial charge on any atom is -0.493 e. The van der Waals surface area contributed by atoms with Crippen molar-refractivity contribution in [1.82, 2.24) is 9.97 Å². The maximum absolute atomic E-state index is 6.03. The minimum absolute atomic E-state index is 0.00855. The van der Waals surface area contributed by atoms with E-state index in [1.165, 1.54) is 5.56 Å². The highest BCUT2D eigenvalue weighted by Crippen LogP contribution is 2.38. The standard InChI is InChI=1S/C27H28N2O/c1-5-27(3,4)21-17-22-23(18-24(21)30-6-2)29-26(20-15-11-8-12-16-20)25(28-22)19-13-9-7-10-14-19/h7-18H,5-6H2,1-4H3. The Morgan fingerprint density at radius 1 is 0.733 bits per heavy atom. The summed E-state index contributed by atoms with van der Waals surface area (Å²) in [4.78, 5) is 10.2. The molecule has 3 aromatic carbocycles. The van der Waals surface area contributed by atoms with Gasteiger partial charge in [-0.3, -0.25) is 0 Å². The summed E-state index contributed by atoms with van der Waals surface area (Å²) in [6, 6.07) is 24.8. The molecule has 3 nitrogen and oxygen atoms in total. The van der Waals surface area contributed by atoms with Gasteiger partial charge in [0.2, 0.25) is 0 Å². The molecule has 1 heterocycles. The molecule has 0 fully saturated rings. The third-order valence-corrected chi connectivity index (χ3v) is 5.77. The van der Waals surface area contributed by atoms with Gasteiger partial charge in [0.15, 0.2) is 0 Å². The van der Waals surface area contributed by atoms with E-state index in [1.807, 2.05) is 43.3 Å². The summed E-state index contributed by atoms with van der Waals surface area (Å²) in [5, 5.41) is 0. The molecule has 1 aromatic heterocycles. The molecule has 0 radical (unpaired) electrons. The molecule has 3 heteroatoms. The Bertz CT molecular complexity index is 1150. The summed E-state index contributed by atoms with van der Waals surface area (Å²) in [5.74, 6) is 0.901. The number of ether oxygens (including phenoxy) is 1. The molecule has 0 spiro atoms. The van der Waals surface area contributed by atoms with E-state index in [0.717, 1.165) is 45.7 Å². The Hall–Kier alpha value is -3.20. The first-order chi connectivity index (χ1) is 14.5. The van der Waals surface area contributed by atoms with Crippen molar-refractivity contribution >= 4 is 11.0 Å². The molecule has 0 saturated carbocycles. The lowest BCUT2D eigenvalue weighted by Crippen LogP contribution is -2.17. The molecular formula is C27H28N2O. The summed E-state index contributed by atoms with van der Waals surface area (Å²) in [6.07, 6.45) is 1.01. The molecular weight excluding hydrogens is 368 g/mol. The van der Waals surface area contributed by atoms with Gasteiger partial charge in [-0.1, -0.05) is 81.4 Å². The van der Waals surface area contributed by atoms with Crippen LogP contribution in [0.5, 0.6) is 5.75 Å². The van der Waals surface area contributed by atoms with Gasteiger partial charge in [-0.15, -0.1) is 0 Å². The fourth-order valence-electron chi connectivity index (χ4n) is 3.67. The van der Waals surface area contributed by atoms with Crippen LogP contribution in [0, 0.1) is 0 Å². The van der Waals surface area contributed by atoms with Crippen LogP contribution in [0.15, 0.2) is 72.8 Å². The molecule has 4 rings (SSSR count). The van der Waals surface area contributed by atoms with Crippen LogP contribution in [0.4, 0.5) is 0 Å². The maximum Gasteiger partial charge on any atom is 0.125 e. The second-order valence-corrected chi connectivity index (χ2v) is 8.16. The van der Waals surface area contributed by atoms with Crippen molar-refractivity contribution in [2.45, 2.75) is 39.5 Å². The largest absolute Gasteiger partial charge is 0.493 e. The number of fused-ring (bicyclic) bond motifs is 1. The van der Waals surface area contributed by atoms with Crippen LogP contribution in [0.3, 0.4) is 0 Å². The summed E-state index contributed by atoms with van der Waals surface area (Å²) < 4.78 is 6.03. The second-order valence-electron chi connectivity index (χ2n) is 8.16. The molecule has 0 unspecified atom stereocenters. The zero-order chi connectivity index (χ0) is 21.1. The summed E-state index contributed by atoms with van der Waals surface area (Å²) in [6.45, 7) is 9.35. The lowest BCUT2D eigenvalue weighted by atomic mass is 9.81. The molecule has 0 aliphatic rings. The van der Waals surface area contributed by atoms with Crippen molar-refractivity contribution in [2.75, 3.05) is 6.61 Å². The van der Waals surface area contributed by atoms with E-state index in [-0.39, 0.29) is 5.41 Å². The zero-order valence-electron chi connectivity index (χ0n) is 18.1. The van der Waals surface area contributed by atoms with Gasteiger partial charge in [-0.2, -0.15) is 0 Å². The molecule has 30 heavy (non-hydrogen) atoms. The molecule has 0 aliphatic heterocycles. The van der Waals surface area contributed by atoms with Gasteiger partial charge < -0.3 is 4.74 Å². The predicted octanol–water partition coefficient (Wildman–Crippen LogP) is 7.05. The molecule has 152 valence electrons. The predicted molar refractivity (Wildman–Crippen MR) is 125 cm³/mol. The van der Waals surface area contributed by atoms with Gasteiger partial charge in [0, 0.05) is 22.8 Å². The number of aromatic nitrogens is 2. The normalized spacial score (nSPS) is 11.6. The number of benzene rings is 3. The van der Waals surface area contributed by atoms with Gasteiger partial charge >= 0.3 is 0 Å². The third kappa shape index (κ3) is 3.80. The number of rotatable bonds is 6. The lowest BCUT2D eigenvalue weighted by molar-refractivity contribution is 0.327. The smallest absolute Gasteiger partial charge is 0.125 e. The van der Waals surface area contributed by atoms with E-state index in [9.17, 15) is 0 Å². The number of hydrogen-bond donors (Lipinski definition) is 0. The Kier molecular flexibility index (Phi) is 5.54. The van der Waals surface area contributed by atoms with Crippen LogP contribution < -0.4 is 4.74 Å². The van der Waals surface area contributed by atoms with Gasteiger partial charge in [0.05, 0.1) is 29.0 Å². The van der Waals surface area contributed by atoms with Gasteiger partial charge in [0.1, 0.15) is 5.75 Å². The highest BCUT2D eigenvalue weighted by atomic mass is 16.5. The lowest BCUT2D eigenvalue weighted by Gasteiger charge is -2.26. The summed E-state index contributed by atoms with van der Waals surface area (Å²) >= 11 is 0. The molecule has 0 saturated heterocycles. The van der Waals surface area contributed by atoms with Crippen molar-refractivity contribution in [3.63, 3.8) is 0 Å². The fourth-order valence-corrected chi connectivity index (χ4v) is 3.67. The first-order valence-electron chi connectivity index (χ1n) is 10.6. The fraction of sp³-hybridized carbons (Fsp3) is 0.259. The van der Waals surface area contributed by atoms with E-state index >= 15 is 0 Å². The van der Waals surface area contributed by atoms with Gasteiger partial charge in [-0.25, -0.2) is 9.97 Å². The minimum atomic E-state index is -0.00855. The Morgan fingerprint density at radius 3 is 1.70 bits per heavy atom. The molecule has 0 bridgehead atoms. The van der Waals surface area contributed by atoms with Crippen LogP contribution in [0.25, 0.3) is 33.5 Å². The first kappa shape index (κ1) is 20.1.